The zero-order chi connectivity index (χ0) is 16.7. The topological polar surface area (TPSA) is 41.6 Å². The second kappa shape index (κ2) is 6.20. The van der Waals surface area contributed by atoms with Gasteiger partial charge in [0.2, 0.25) is 0 Å². The molecule has 1 atom stereocenters. The minimum absolute atomic E-state index is 0.342. The van der Waals surface area contributed by atoms with Crippen LogP contribution in [0.25, 0.3) is 0 Å². The van der Waals surface area contributed by atoms with Crippen LogP contribution in [0.4, 0.5) is 4.39 Å². The van der Waals surface area contributed by atoms with Gasteiger partial charge in [0, 0.05) is 11.7 Å². The summed E-state index contributed by atoms with van der Waals surface area (Å²) in [5, 5.41) is 3.79. The van der Waals surface area contributed by atoms with Gasteiger partial charge in [0.05, 0.1) is 23.2 Å². The first-order valence-electron chi connectivity index (χ1n) is 7.27. The maximum atomic E-state index is 13.5. The lowest BCUT2D eigenvalue weighted by molar-refractivity contribution is -0.136. The highest BCUT2D eigenvalue weighted by atomic mass is 79.9. The summed E-state index contributed by atoms with van der Waals surface area (Å²) in [5.41, 5.74) is 2.05. The molecule has 1 saturated carbocycles. The summed E-state index contributed by atoms with van der Waals surface area (Å²) in [6.07, 6.45) is 2.11. The number of hydrogen-bond donors (Lipinski definition) is 1. The van der Waals surface area contributed by atoms with Crippen LogP contribution in [0.2, 0.25) is 0 Å². The number of hydrogen-bond acceptors (Lipinski definition) is 3. The lowest BCUT2D eigenvalue weighted by Crippen LogP contribution is -2.48. The minimum Gasteiger partial charge on any atom is -0.466 e. The number of carbonyl (C=O) groups is 1. The van der Waals surface area contributed by atoms with Gasteiger partial charge in [-0.05, 0) is 65.6 Å². The molecule has 0 unspecified atom stereocenters. The Bertz CT molecular complexity index is 718. The van der Waals surface area contributed by atoms with Gasteiger partial charge in [0.15, 0.2) is 5.11 Å². The molecule has 1 N–H and O–H groups in total. The summed E-state index contributed by atoms with van der Waals surface area (Å²) < 4.78 is 18.8. The normalized spacial score (nSPS) is 21.3. The van der Waals surface area contributed by atoms with Crippen molar-refractivity contribution in [3.05, 3.63) is 45.3 Å². The first-order valence-corrected chi connectivity index (χ1v) is 8.48. The molecule has 1 aromatic rings. The molecule has 1 aliphatic carbocycles. The summed E-state index contributed by atoms with van der Waals surface area (Å²) in [6, 6.07) is 4.54. The molecule has 3 rings (SSSR count). The van der Waals surface area contributed by atoms with E-state index in [2.05, 4.69) is 21.2 Å². The fourth-order valence-electron chi connectivity index (χ4n) is 2.85. The van der Waals surface area contributed by atoms with Gasteiger partial charge in [-0.3, -0.25) is 0 Å². The Balaban J connectivity index is 2.08. The van der Waals surface area contributed by atoms with Crippen molar-refractivity contribution in [3.8, 4) is 0 Å². The summed E-state index contributed by atoms with van der Waals surface area (Å²) in [7, 11) is 1.36. The summed E-state index contributed by atoms with van der Waals surface area (Å²) in [4.78, 5) is 14.3. The van der Waals surface area contributed by atoms with E-state index < -0.39 is 12.0 Å². The number of benzene rings is 1. The van der Waals surface area contributed by atoms with Crippen molar-refractivity contribution in [2.45, 2.75) is 31.8 Å². The molecule has 0 radical (unpaired) electrons. The maximum Gasteiger partial charge on any atom is 0.337 e. The Morgan fingerprint density at radius 2 is 2.17 bits per heavy atom. The third-order valence-electron chi connectivity index (χ3n) is 4.12. The van der Waals surface area contributed by atoms with Crippen molar-refractivity contribution < 1.29 is 13.9 Å². The van der Waals surface area contributed by atoms with Crippen LogP contribution in [0.15, 0.2) is 33.9 Å². The van der Waals surface area contributed by atoms with E-state index in [1.54, 1.807) is 12.1 Å². The van der Waals surface area contributed by atoms with E-state index in [1.165, 1.54) is 13.2 Å². The molecule has 0 aromatic heterocycles. The van der Waals surface area contributed by atoms with Gasteiger partial charge in [0.25, 0.3) is 0 Å². The number of methoxy groups -OCH3 is 1. The number of allylic oxidation sites excluding steroid dienone is 1. The van der Waals surface area contributed by atoms with E-state index in [4.69, 9.17) is 17.0 Å². The zero-order valence-corrected chi connectivity index (χ0v) is 15.1. The van der Waals surface area contributed by atoms with E-state index in [-0.39, 0.29) is 5.82 Å². The van der Waals surface area contributed by atoms with Crippen LogP contribution in [-0.2, 0) is 9.53 Å². The van der Waals surface area contributed by atoms with Crippen LogP contribution >= 0.6 is 28.1 Å². The Morgan fingerprint density at radius 1 is 1.48 bits per heavy atom. The average molecular weight is 399 g/mol. The van der Waals surface area contributed by atoms with Crippen molar-refractivity contribution in [1.29, 1.82) is 0 Å². The number of nitrogens with zero attached hydrogens (tertiary/aromatic N) is 1. The molecule has 1 aliphatic heterocycles. The fourth-order valence-corrected chi connectivity index (χ4v) is 3.65. The Morgan fingerprint density at radius 3 is 2.74 bits per heavy atom. The molecule has 0 saturated heterocycles. The molecule has 0 spiro atoms. The average Bonchev–Trinajstić information content (AvgIpc) is 3.33. The van der Waals surface area contributed by atoms with Crippen LogP contribution in [0.1, 0.15) is 31.4 Å². The van der Waals surface area contributed by atoms with E-state index in [1.807, 2.05) is 11.8 Å². The highest BCUT2D eigenvalue weighted by Crippen LogP contribution is 2.38. The van der Waals surface area contributed by atoms with Gasteiger partial charge < -0.3 is 15.0 Å². The molecular formula is C16H16BrFN2O2S. The summed E-state index contributed by atoms with van der Waals surface area (Å²) in [6.45, 7) is 1.88. The molecular weight excluding hydrogens is 383 g/mol. The van der Waals surface area contributed by atoms with Crippen LogP contribution in [0.3, 0.4) is 0 Å². The van der Waals surface area contributed by atoms with Crippen LogP contribution < -0.4 is 5.32 Å². The first kappa shape index (κ1) is 16.4. The van der Waals surface area contributed by atoms with E-state index in [0.717, 1.165) is 24.1 Å². The molecule has 4 nitrogen and oxygen atoms in total. The third-order valence-corrected chi connectivity index (χ3v) is 5.04. The molecule has 122 valence electrons. The van der Waals surface area contributed by atoms with Crippen LogP contribution in [0, 0.1) is 5.82 Å². The molecule has 0 amide bonds. The predicted octanol–water partition coefficient (Wildman–Crippen LogP) is 3.43. The first-order chi connectivity index (χ1) is 10.9. The Hall–Kier alpha value is -1.47. The quantitative estimate of drug-likeness (QED) is 0.623. The molecule has 23 heavy (non-hydrogen) atoms. The Labute approximate surface area is 147 Å². The number of ether oxygens (including phenoxy) is 1. The lowest BCUT2D eigenvalue weighted by Gasteiger charge is -2.37. The second-order valence-electron chi connectivity index (χ2n) is 5.65. The van der Waals surface area contributed by atoms with Gasteiger partial charge in [-0.15, -0.1) is 0 Å². The van der Waals surface area contributed by atoms with Crippen LogP contribution in [-0.4, -0.2) is 29.1 Å². The van der Waals surface area contributed by atoms with Gasteiger partial charge in [-0.25, -0.2) is 9.18 Å². The predicted molar refractivity (Wildman–Crippen MR) is 92.2 cm³/mol. The highest BCUT2D eigenvalue weighted by Gasteiger charge is 2.40. The van der Waals surface area contributed by atoms with Gasteiger partial charge in [0.1, 0.15) is 5.82 Å². The van der Waals surface area contributed by atoms with E-state index in [0.29, 0.717) is 21.2 Å². The third kappa shape index (κ3) is 2.99. The number of esters is 1. The number of halogens is 2. The van der Waals surface area contributed by atoms with Crippen molar-refractivity contribution in [3.63, 3.8) is 0 Å². The van der Waals surface area contributed by atoms with Crippen LogP contribution in [0.5, 0.6) is 0 Å². The van der Waals surface area contributed by atoms with Gasteiger partial charge in [-0.1, -0.05) is 6.07 Å². The van der Waals surface area contributed by atoms with Crippen molar-refractivity contribution in [2.75, 3.05) is 7.11 Å². The van der Waals surface area contributed by atoms with E-state index >= 15 is 0 Å². The lowest BCUT2D eigenvalue weighted by atomic mass is 9.95. The second-order valence-corrected chi connectivity index (χ2v) is 6.89. The highest BCUT2D eigenvalue weighted by molar-refractivity contribution is 9.10. The number of thiocarbonyl (C=S) groups is 1. The molecule has 1 fully saturated rings. The van der Waals surface area contributed by atoms with E-state index in [9.17, 15) is 9.18 Å². The zero-order valence-electron chi connectivity index (χ0n) is 12.7. The van der Waals surface area contributed by atoms with Gasteiger partial charge >= 0.3 is 5.97 Å². The van der Waals surface area contributed by atoms with Crippen molar-refractivity contribution in [2.24, 2.45) is 0 Å². The number of carbonyl (C=O) groups excluding carboxylic acids is 1. The summed E-state index contributed by atoms with van der Waals surface area (Å²) in [5.74, 6) is -0.763. The number of nitrogens with one attached hydrogen (secondary N) is 1. The molecule has 7 heteroatoms. The fraction of sp³-hybridized carbons (Fsp3) is 0.375. The minimum atomic E-state index is -0.457. The van der Waals surface area contributed by atoms with Crippen molar-refractivity contribution >= 4 is 39.2 Å². The molecule has 1 heterocycles. The number of rotatable bonds is 3. The molecule has 1 aromatic carbocycles. The Kier molecular flexibility index (Phi) is 4.42. The summed E-state index contributed by atoms with van der Waals surface area (Å²) >= 11 is 8.66. The monoisotopic (exact) mass is 398 g/mol. The molecule has 2 aliphatic rings. The maximum absolute atomic E-state index is 13.5. The molecule has 0 bridgehead atoms. The standard InChI is InChI=1S/C16H16BrFN2O2S/c1-8-13(15(21)22-2)14(9-3-6-12(18)11(17)7-9)19-16(23)20(8)10-4-5-10/h3,6-7,10,14H,4-5H2,1-2H3,(H,19,23)/t14-/m0/s1. The van der Waals surface area contributed by atoms with Crippen molar-refractivity contribution in [1.82, 2.24) is 10.2 Å². The SMILES string of the molecule is COC(=O)C1=C(C)N(C2CC2)C(=S)N[C@H]1c1ccc(F)c(Br)c1. The van der Waals surface area contributed by atoms with Gasteiger partial charge in [-0.2, -0.15) is 0 Å². The largest absolute Gasteiger partial charge is 0.466 e. The smallest absolute Gasteiger partial charge is 0.337 e.